The first-order chi connectivity index (χ1) is 9.47. The minimum atomic E-state index is -0.363. The van der Waals surface area contributed by atoms with Crippen molar-refractivity contribution < 1.29 is 9.90 Å². The zero-order valence-electron chi connectivity index (χ0n) is 9.73. The summed E-state index contributed by atoms with van der Waals surface area (Å²) >= 11 is 11.2. The number of hydrazone groups is 1. The number of rotatable bonds is 3. The van der Waals surface area contributed by atoms with E-state index in [0.29, 0.717) is 14.5 Å². The van der Waals surface area contributed by atoms with Crippen molar-refractivity contribution in [1.82, 2.24) is 5.43 Å². The third-order valence-corrected chi connectivity index (χ3v) is 5.00. The van der Waals surface area contributed by atoms with E-state index >= 15 is 0 Å². The van der Waals surface area contributed by atoms with Crippen LogP contribution in [0.25, 0.3) is 0 Å². The van der Waals surface area contributed by atoms with Crippen molar-refractivity contribution in [2.75, 3.05) is 0 Å². The summed E-state index contributed by atoms with van der Waals surface area (Å²) in [4.78, 5) is 12.8. The van der Waals surface area contributed by atoms with Crippen LogP contribution in [0.1, 0.15) is 15.2 Å². The van der Waals surface area contributed by atoms with Crippen LogP contribution in [-0.2, 0) is 0 Å². The first kappa shape index (κ1) is 15.7. The van der Waals surface area contributed by atoms with E-state index in [4.69, 9.17) is 0 Å². The SMILES string of the molecule is O=C(N/N=C\c1ccc(Br)s1)c1cc(Br)c(O)c(Br)c1. The molecule has 104 valence electrons. The third kappa shape index (κ3) is 3.91. The summed E-state index contributed by atoms with van der Waals surface area (Å²) in [7, 11) is 0. The highest BCUT2D eigenvalue weighted by molar-refractivity contribution is 9.11. The molecular weight excluding hydrogens is 476 g/mol. The zero-order valence-corrected chi connectivity index (χ0v) is 15.3. The van der Waals surface area contributed by atoms with Gasteiger partial charge < -0.3 is 5.11 Å². The number of carbonyl (C=O) groups is 1. The molecule has 0 atom stereocenters. The molecule has 20 heavy (non-hydrogen) atoms. The lowest BCUT2D eigenvalue weighted by Crippen LogP contribution is -2.17. The number of phenols is 1. The van der Waals surface area contributed by atoms with Gasteiger partial charge in [0.1, 0.15) is 5.75 Å². The van der Waals surface area contributed by atoms with Crippen LogP contribution in [0.15, 0.2) is 42.1 Å². The van der Waals surface area contributed by atoms with Crippen molar-refractivity contribution in [2.24, 2.45) is 5.10 Å². The predicted octanol–water partition coefficient (Wildman–Crippen LogP) is 4.51. The lowest BCUT2D eigenvalue weighted by atomic mass is 10.2. The Morgan fingerprint density at radius 3 is 2.45 bits per heavy atom. The number of halogens is 3. The molecule has 0 saturated heterocycles. The van der Waals surface area contributed by atoms with E-state index in [1.54, 1.807) is 6.21 Å². The number of phenolic OH excluding ortho intramolecular Hbond substituents is 1. The number of nitrogens with one attached hydrogen (secondary N) is 1. The molecule has 2 N–H and O–H groups in total. The van der Waals surface area contributed by atoms with Gasteiger partial charge in [0.25, 0.3) is 5.91 Å². The minimum absolute atomic E-state index is 0.0495. The van der Waals surface area contributed by atoms with E-state index in [1.165, 1.54) is 23.5 Å². The van der Waals surface area contributed by atoms with Crippen molar-refractivity contribution in [1.29, 1.82) is 0 Å². The van der Waals surface area contributed by atoms with Crippen LogP contribution in [0, 0.1) is 0 Å². The van der Waals surface area contributed by atoms with Crippen molar-refractivity contribution in [3.63, 3.8) is 0 Å². The van der Waals surface area contributed by atoms with E-state index in [1.807, 2.05) is 12.1 Å². The smallest absolute Gasteiger partial charge is 0.271 e. The topological polar surface area (TPSA) is 61.7 Å². The Morgan fingerprint density at radius 2 is 1.90 bits per heavy atom. The van der Waals surface area contributed by atoms with Gasteiger partial charge in [-0.25, -0.2) is 5.43 Å². The van der Waals surface area contributed by atoms with Gasteiger partial charge in [0.05, 0.1) is 18.9 Å². The maximum atomic E-state index is 11.9. The highest BCUT2D eigenvalue weighted by atomic mass is 79.9. The fraction of sp³-hybridized carbons (Fsp3) is 0. The maximum absolute atomic E-state index is 11.9. The molecule has 0 aliphatic heterocycles. The highest BCUT2D eigenvalue weighted by Gasteiger charge is 2.11. The predicted molar refractivity (Wildman–Crippen MR) is 90.6 cm³/mol. The lowest BCUT2D eigenvalue weighted by molar-refractivity contribution is 0.0955. The van der Waals surface area contributed by atoms with Crippen LogP contribution in [0.3, 0.4) is 0 Å². The van der Waals surface area contributed by atoms with Crippen LogP contribution < -0.4 is 5.43 Å². The molecule has 1 aromatic heterocycles. The molecule has 0 aliphatic carbocycles. The molecule has 1 aromatic carbocycles. The molecule has 0 saturated carbocycles. The first-order valence-corrected chi connectivity index (χ1v) is 8.43. The second-order valence-corrected chi connectivity index (χ2v) is 7.83. The Bertz CT molecular complexity index is 662. The van der Waals surface area contributed by atoms with E-state index in [2.05, 4.69) is 58.3 Å². The van der Waals surface area contributed by atoms with Gasteiger partial charge in [-0.15, -0.1) is 11.3 Å². The average Bonchev–Trinajstić information content (AvgIpc) is 2.81. The van der Waals surface area contributed by atoms with Gasteiger partial charge in [-0.2, -0.15) is 5.10 Å². The summed E-state index contributed by atoms with van der Waals surface area (Å²) in [5, 5.41) is 13.5. The van der Waals surface area contributed by atoms with Crippen molar-refractivity contribution in [3.05, 3.63) is 47.4 Å². The molecule has 0 fully saturated rings. The van der Waals surface area contributed by atoms with Crippen LogP contribution in [0.4, 0.5) is 0 Å². The van der Waals surface area contributed by atoms with Gasteiger partial charge in [0.2, 0.25) is 0 Å². The van der Waals surface area contributed by atoms with E-state index in [-0.39, 0.29) is 11.7 Å². The van der Waals surface area contributed by atoms with Gasteiger partial charge >= 0.3 is 0 Å². The maximum Gasteiger partial charge on any atom is 0.271 e. The number of hydrogen-bond acceptors (Lipinski definition) is 4. The molecule has 1 amide bonds. The summed E-state index contributed by atoms with van der Waals surface area (Å²) in [6, 6.07) is 6.83. The molecule has 0 aliphatic rings. The number of carbonyl (C=O) groups excluding carboxylic acids is 1. The summed E-state index contributed by atoms with van der Waals surface area (Å²) in [6.45, 7) is 0. The Balaban J connectivity index is 2.07. The van der Waals surface area contributed by atoms with E-state index in [9.17, 15) is 9.90 Å². The van der Waals surface area contributed by atoms with E-state index < -0.39 is 0 Å². The minimum Gasteiger partial charge on any atom is -0.506 e. The third-order valence-electron chi connectivity index (χ3n) is 2.23. The van der Waals surface area contributed by atoms with Crippen LogP contribution in [0.2, 0.25) is 0 Å². The second kappa shape index (κ2) is 6.84. The lowest BCUT2D eigenvalue weighted by Gasteiger charge is -2.04. The number of nitrogens with zero attached hydrogens (tertiary/aromatic N) is 1. The van der Waals surface area contributed by atoms with Gasteiger partial charge in [0, 0.05) is 10.4 Å². The van der Waals surface area contributed by atoms with Crippen molar-refractivity contribution >= 4 is 71.2 Å². The fourth-order valence-corrected chi connectivity index (χ4v) is 3.80. The molecule has 0 radical (unpaired) electrons. The Kier molecular flexibility index (Phi) is 5.36. The summed E-state index contributed by atoms with van der Waals surface area (Å²) in [5.74, 6) is -0.313. The fourth-order valence-electron chi connectivity index (χ4n) is 1.31. The molecular formula is C12H7Br3N2O2S. The Morgan fingerprint density at radius 1 is 1.25 bits per heavy atom. The number of aromatic hydroxyl groups is 1. The van der Waals surface area contributed by atoms with Gasteiger partial charge in [-0.1, -0.05) is 0 Å². The molecule has 0 spiro atoms. The normalized spacial score (nSPS) is 10.9. The zero-order chi connectivity index (χ0) is 14.7. The first-order valence-electron chi connectivity index (χ1n) is 5.24. The molecule has 8 heteroatoms. The Hall–Kier alpha value is -0.700. The number of hydrogen-bond donors (Lipinski definition) is 2. The van der Waals surface area contributed by atoms with Gasteiger partial charge in [0.15, 0.2) is 0 Å². The summed E-state index contributed by atoms with van der Waals surface area (Å²) < 4.78 is 1.86. The molecule has 2 aromatic rings. The number of benzene rings is 1. The largest absolute Gasteiger partial charge is 0.506 e. The highest BCUT2D eigenvalue weighted by Crippen LogP contribution is 2.33. The Labute approximate surface area is 144 Å². The second-order valence-electron chi connectivity index (χ2n) is 3.63. The van der Waals surface area contributed by atoms with Crippen molar-refractivity contribution in [3.8, 4) is 5.75 Å². The van der Waals surface area contributed by atoms with Crippen LogP contribution >= 0.6 is 59.1 Å². The van der Waals surface area contributed by atoms with E-state index in [0.717, 1.165) is 8.66 Å². The molecule has 0 unspecified atom stereocenters. The van der Waals surface area contributed by atoms with Gasteiger partial charge in [-0.05, 0) is 72.1 Å². The van der Waals surface area contributed by atoms with Gasteiger partial charge in [-0.3, -0.25) is 4.79 Å². The standard InChI is InChI=1S/C12H7Br3N2O2S/c13-8-3-6(4-9(14)11(8)18)12(19)17-16-5-7-1-2-10(15)20-7/h1-5,18H,(H,17,19)/b16-5-. The average molecular weight is 483 g/mol. The molecule has 2 rings (SSSR count). The molecule has 4 nitrogen and oxygen atoms in total. The monoisotopic (exact) mass is 480 g/mol. The van der Waals surface area contributed by atoms with Crippen LogP contribution in [0.5, 0.6) is 5.75 Å². The summed E-state index contributed by atoms with van der Waals surface area (Å²) in [6.07, 6.45) is 1.57. The molecule has 1 heterocycles. The quantitative estimate of drug-likeness (QED) is 0.499. The van der Waals surface area contributed by atoms with Crippen LogP contribution in [-0.4, -0.2) is 17.2 Å². The molecule has 0 bridgehead atoms. The summed E-state index contributed by atoms with van der Waals surface area (Å²) in [5.41, 5.74) is 2.81. The number of thiophene rings is 1. The number of amides is 1. The van der Waals surface area contributed by atoms with Crippen molar-refractivity contribution in [2.45, 2.75) is 0 Å².